The van der Waals surface area contributed by atoms with Gasteiger partial charge in [0.25, 0.3) is 0 Å². The predicted octanol–water partition coefficient (Wildman–Crippen LogP) is 12.3. The number of hydrogen-bond acceptors (Lipinski definition) is 4. The topological polar surface area (TPSA) is 35.0 Å². The Morgan fingerprint density at radius 2 is 1.02 bits per heavy atom. The number of ether oxygens (including phenoxy) is 1. The second kappa shape index (κ2) is 10.8. The molecule has 11 rings (SSSR count). The zero-order chi connectivity index (χ0) is 33.5. The molecule has 9 aromatic rings. The lowest BCUT2D eigenvalue weighted by Gasteiger charge is -2.39. The first-order valence-corrected chi connectivity index (χ1v) is 18.1. The Kier molecular flexibility index (Phi) is 6.04. The monoisotopic (exact) mass is 668 g/mol. The maximum absolute atomic E-state index is 7.02. The minimum Gasteiger partial charge on any atom is -0.455 e. The third kappa shape index (κ3) is 3.99. The predicted molar refractivity (Wildman–Crippen MR) is 209 cm³/mol. The Labute approximate surface area is 299 Å². The molecule has 3 heterocycles. The SMILES string of the molecule is c1ccc(-c2cc(-c3cccc4c3sc3c5c(ccc34)C3(c4ccccc4O5)c4ccccc4-c4ccccc43)nc(-c3ccccc3)n2)cc1. The highest BCUT2D eigenvalue weighted by Gasteiger charge is 2.51. The average molecular weight is 669 g/mol. The molecule has 0 N–H and O–H groups in total. The summed E-state index contributed by atoms with van der Waals surface area (Å²) in [6, 6.07) is 60.3. The minimum atomic E-state index is -0.494. The molecule has 1 spiro atoms. The van der Waals surface area contributed by atoms with Crippen LogP contribution >= 0.6 is 11.3 Å². The van der Waals surface area contributed by atoms with Gasteiger partial charge in [-0.05, 0) is 34.4 Å². The van der Waals surface area contributed by atoms with Gasteiger partial charge in [-0.3, -0.25) is 0 Å². The minimum absolute atomic E-state index is 0.494. The van der Waals surface area contributed by atoms with E-state index >= 15 is 0 Å². The van der Waals surface area contributed by atoms with Crippen molar-refractivity contribution in [2.24, 2.45) is 0 Å². The molecule has 51 heavy (non-hydrogen) atoms. The number of benzene rings is 7. The molecule has 0 fully saturated rings. The maximum Gasteiger partial charge on any atom is 0.160 e. The molecule has 0 radical (unpaired) electrons. The van der Waals surface area contributed by atoms with Crippen LogP contribution in [0.25, 0.3) is 65.2 Å². The van der Waals surface area contributed by atoms with Gasteiger partial charge in [-0.2, -0.15) is 0 Å². The van der Waals surface area contributed by atoms with Crippen LogP contribution in [-0.4, -0.2) is 9.97 Å². The number of aromatic nitrogens is 2. The van der Waals surface area contributed by atoms with Crippen molar-refractivity contribution < 1.29 is 4.74 Å². The molecular weight excluding hydrogens is 641 g/mol. The van der Waals surface area contributed by atoms with E-state index < -0.39 is 5.41 Å². The molecule has 7 aromatic carbocycles. The molecule has 0 saturated heterocycles. The molecule has 2 aliphatic rings. The number of hydrogen-bond donors (Lipinski definition) is 0. The molecule has 238 valence electrons. The molecule has 0 unspecified atom stereocenters. The largest absolute Gasteiger partial charge is 0.455 e. The van der Waals surface area contributed by atoms with Gasteiger partial charge < -0.3 is 4.74 Å². The van der Waals surface area contributed by atoms with Crippen molar-refractivity contribution in [2.75, 3.05) is 0 Å². The van der Waals surface area contributed by atoms with Gasteiger partial charge in [0, 0.05) is 43.3 Å². The summed E-state index contributed by atoms with van der Waals surface area (Å²) in [5.41, 5.74) is 12.0. The summed E-state index contributed by atoms with van der Waals surface area (Å²) in [5, 5.41) is 2.38. The number of fused-ring (bicyclic) bond motifs is 13. The van der Waals surface area contributed by atoms with E-state index in [1.165, 1.54) is 48.9 Å². The van der Waals surface area contributed by atoms with E-state index in [-0.39, 0.29) is 0 Å². The summed E-state index contributed by atoms with van der Waals surface area (Å²) in [4.78, 5) is 10.3. The van der Waals surface area contributed by atoms with Crippen LogP contribution in [-0.2, 0) is 5.41 Å². The van der Waals surface area contributed by atoms with Crippen LogP contribution in [0.2, 0.25) is 0 Å². The average Bonchev–Trinajstić information content (AvgIpc) is 3.73. The summed E-state index contributed by atoms with van der Waals surface area (Å²) in [6.45, 7) is 0. The molecular formula is C47H28N2OS. The highest BCUT2D eigenvalue weighted by molar-refractivity contribution is 7.26. The van der Waals surface area contributed by atoms with Crippen molar-refractivity contribution in [3.05, 3.63) is 192 Å². The standard InChI is InChI=1S/C47H28N2OS/c1-3-14-29(15-4-1)40-28-41(49-46(48-40)30-16-5-2-6-17-30)35-21-13-20-33-34-26-27-39-43(45(34)51-44(33)35)50-42-25-12-11-24-38(42)47(39)36-22-9-7-18-31(36)32-19-8-10-23-37(32)47/h1-28H. The summed E-state index contributed by atoms with van der Waals surface area (Å²) in [5.74, 6) is 2.54. The van der Waals surface area contributed by atoms with Gasteiger partial charge in [-0.25, -0.2) is 9.97 Å². The van der Waals surface area contributed by atoms with Crippen LogP contribution in [0.4, 0.5) is 0 Å². The van der Waals surface area contributed by atoms with Gasteiger partial charge in [0.15, 0.2) is 5.82 Å². The second-order valence-electron chi connectivity index (χ2n) is 13.2. The number of thiophene rings is 1. The van der Waals surface area contributed by atoms with Crippen LogP contribution in [0.3, 0.4) is 0 Å². The highest BCUT2D eigenvalue weighted by Crippen LogP contribution is 2.63. The first kappa shape index (κ1) is 28.5. The third-order valence-electron chi connectivity index (χ3n) is 10.6. The van der Waals surface area contributed by atoms with E-state index in [1.54, 1.807) is 11.3 Å². The van der Waals surface area contributed by atoms with E-state index in [4.69, 9.17) is 14.7 Å². The Balaban J connectivity index is 1.19. The fourth-order valence-electron chi connectivity index (χ4n) is 8.43. The lowest BCUT2D eigenvalue weighted by molar-refractivity contribution is 0.442. The summed E-state index contributed by atoms with van der Waals surface area (Å²) in [6.07, 6.45) is 0. The molecule has 0 atom stereocenters. The molecule has 1 aliphatic heterocycles. The first-order valence-electron chi connectivity index (χ1n) is 17.2. The van der Waals surface area contributed by atoms with Crippen LogP contribution in [0.1, 0.15) is 22.3 Å². The van der Waals surface area contributed by atoms with E-state index in [0.717, 1.165) is 44.3 Å². The molecule has 1 aliphatic carbocycles. The number of para-hydroxylation sites is 1. The van der Waals surface area contributed by atoms with Crippen molar-refractivity contribution in [3.63, 3.8) is 0 Å². The van der Waals surface area contributed by atoms with Crippen LogP contribution in [0.5, 0.6) is 11.5 Å². The van der Waals surface area contributed by atoms with Gasteiger partial charge >= 0.3 is 0 Å². The van der Waals surface area contributed by atoms with Crippen molar-refractivity contribution in [2.45, 2.75) is 5.41 Å². The summed E-state index contributed by atoms with van der Waals surface area (Å²) >= 11 is 1.80. The highest BCUT2D eigenvalue weighted by atomic mass is 32.1. The number of rotatable bonds is 3. The quantitative estimate of drug-likeness (QED) is 0.188. The van der Waals surface area contributed by atoms with E-state index in [9.17, 15) is 0 Å². The van der Waals surface area contributed by atoms with Gasteiger partial charge in [-0.15, -0.1) is 11.3 Å². The van der Waals surface area contributed by atoms with Crippen molar-refractivity contribution >= 4 is 31.5 Å². The van der Waals surface area contributed by atoms with Gasteiger partial charge in [0.05, 0.1) is 21.5 Å². The smallest absolute Gasteiger partial charge is 0.160 e. The van der Waals surface area contributed by atoms with Gasteiger partial charge in [-0.1, -0.05) is 158 Å². The molecule has 0 saturated carbocycles. The van der Waals surface area contributed by atoms with Crippen molar-refractivity contribution in [1.29, 1.82) is 0 Å². The van der Waals surface area contributed by atoms with Crippen LogP contribution < -0.4 is 4.74 Å². The lowest BCUT2D eigenvalue weighted by Crippen LogP contribution is -2.32. The molecule has 0 bridgehead atoms. The van der Waals surface area contributed by atoms with Crippen LogP contribution in [0.15, 0.2) is 170 Å². The fourth-order valence-corrected chi connectivity index (χ4v) is 9.74. The third-order valence-corrected chi connectivity index (χ3v) is 11.8. The molecule has 0 amide bonds. The van der Waals surface area contributed by atoms with E-state index in [0.29, 0.717) is 5.82 Å². The van der Waals surface area contributed by atoms with Gasteiger partial charge in [0.2, 0.25) is 0 Å². The van der Waals surface area contributed by atoms with Crippen LogP contribution in [0, 0.1) is 0 Å². The van der Waals surface area contributed by atoms with Crippen molar-refractivity contribution in [1.82, 2.24) is 9.97 Å². The maximum atomic E-state index is 7.02. The zero-order valence-electron chi connectivity index (χ0n) is 27.4. The first-order chi connectivity index (χ1) is 25.3. The Morgan fingerprint density at radius 1 is 0.431 bits per heavy atom. The van der Waals surface area contributed by atoms with E-state index in [1.807, 2.05) is 24.3 Å². The van der Waals surface area contributed by atoms with E-state index in [2.05, 4.69) is 146 Å². The fraction of sp³-hybridized carbons (Fsp3) is 0.0213. The Bertz CT molecular complexity index is 2740. The normalized spacial score (nSPS) is 13.4. The summed E-state index contributed by atoms with van der Waals surface area (Å²) < 4.78 is 9.35. The molecule has 4 heteroatoms. The van der Waals surface area contributed by atoms with Gasteiger partial charge in [0.1, 0.15) is 11.5 Å². The second-order valence-corrected chi connectivity index (χ2v) is 14.3. The summed E-state index contributed by atoms with van der Waals surface area (Å²) in [7, 11) is 0. The molecule has 2 aromatic heterocycles. The lowest BCUT2D eigenvalue weighted by atomic mass is 9.66. The Morgan fingerprint density at radius 3 is 1.76 bits per heavy atom. The Hall–Kier alpha value is -6.36. The number of nitrogens with zero attached hydrogens (tertiary/aromatic N) is 2. The zero-order valence-corrected chi connectivity index (χ0v) is 28.2. The van der Waals surface area contributed by atoms with Crippen molar-refractivity contribution in [3.8, 4) is 56.5 Å². The molecule has 3 nitrogen and oxygen atoms in total.